The van der Waals surface area contributed by atoms with E-state index in [1.807, 2.05) is 0 Å². The molecular formula is C23H22ClN3O5S. The van der Waals surface area contributed by atoms with Gasteiger partial charge in [0.2, 0.25) is 10.0 Å². The van der Waals surface area contributed by atoms with Gasteiger partial charge in [0.25, 0.3) is 11.8 Å². The number of halogens is 1. The van der Waals surface area contributed by atoms with Crippen molar-refractivity contribution in [2.75, 3.05) is 23.7 Å². The summed E-state index contributed by atoms with van der Waals surface area (Å²) in [5.41, 5.74) is 1.03. The minimum absolute atomic E-state index is 0.0247. The van der Waals surface area contributed by atoms with Crippen molar-refractivity contribution in [3.8, 4) is 0 Å². The highest BCUT2D eigenvalue weighted by atomic mass is 35.5. The molecule has 1 aromatic heterocycles. The SMILES string of the molecule is Cc1oc(C(=O)Nc2ccccc2C(=O)Nc2ccc(Cl)cc2)cc1S(=O)(=O)N1CCCC1. The minimum atomic E-state index is -3.73. The number of sulfonamides is 1. The molecule has 1 saturated heterocycles. The molecule has 2 heterocycles. The molecule has 0 unspecified atom stereocenters. The predicted octanol–water partition coefficient (Wildman–Crippen LogP) is 4.53. The number of anilines is 2. The smallest absolute Gasteiger partial charge is 0.291 e. The van der Waals surface area contributed by atoms with Gasteiger partial charge in [-0.2, -0.15) is 4.31 Å². The van der Waals surface area contributed by atoms with Crippen molar-refractivity contribution in [2.45, 2.75) is 24.7 Å². The Morgan fingerprint density at radius 1 is 0.970 bits per heavy atom. The van der Waals surface area contributed by atoms with Gasteiger partial charge in [-0.15, -0.1) is 0 Å². The summed E-state index contributed by atoms with van der Waals surface area (Å²) >= 11 is 5.87. The van der Waals surface area contributed by atoms with Crippen LogP contribution in [0.25, 0.3) is 0 Å². The van der Waals surface area contributed by atoms with Gasteiger partial charge < -0.3 is 15.1 Å². The Labute approximate surface area is 196 Å². The van der Waals surface area contributed by atoms with E-state index in [-0.39, 0.29) is 27.7 Å². The number of hydrogen-bond acceptors (Lipinski definition) is 5. The molecule has 2 aromatic carbocycles. The van der Waals surface area contributed by atoms with Gasteiger partial charge in [-0.3, -0.25) is 9.59 Å². The van der Waals surface area contributed by atoms with Crippen LogP contribution in [-0.2, 0) is 10.0 Å². The largest absolute Gasteiger partial charge is 0.455 e. The molecule has 10 heteroatoms. The van der Waals surface area contributed by atoms with Crippen molar-refractivity contribution < 1.29 is 22.4 Å². The third-order valence-electron chi connectivity index (χ3n) is 5.30. The van der Waals surface area contributed by atoms with E-state index in [1.165, 1.54) is 17.3 Å². The van der Waals surface area contributed by atoms with E-state index < -0.39 is 21.8 Å². The summed E-state index contributed by atoms with van der Waals surface area (Å²) in [5, 5.41) is 5.93. The van der Waals surface area contributed by atoms with E-state index in [1.54, 1.807) is 48.5 Å². The fourth-order valence-electron chi connectivity index (χ4n) is 3.61. The van der Waals surface area contributed by atoms with E-state index in [2.05, 4.69) is 10.6 Å². The molecule has 3 aromatic rings. The monoisotopic (exact) mass is 487 g/mol. The first kappa shape index (κ1) is 23.0. The van der Waals surface area contributed by atoms with Crippen molar-refractivity contribution in [1.82, 2.24) is 4.31 Å². The van der Waals surface area contributed by atoms with E-state index in [4.69, 9.17) is 16.0 Å². The lowest BCUT2D eigenvalue weighted by molar-refractivity contribution is 0.0995. The van der Waals surface area contributed by atoms with Gasteiger partial charge in [0.05, 0.1) is 11.3 Å². The molecule has 4 rings (SSSR count). The molecule has 2 amide bonds. The third-order valence-corrected chi connectivity index (χ3v) is 7.56. The van der Waals surface area contributed by atoms with Gasteiger partial charge in [-0.05, 0) is 56.2 Å². The first-order valence-electron chi connectivity index (χ1n) is 10.3. The molecule has 0 radical (unpaired) electrons. The Balaban J connectivity index is 1.54. The topological polar surface area (TPSA) is 109 Å². The molecular weight excluding hydrogens is 466 g/mol. The van der Waals surface area contributed by atoms with Gasteiger partial charge >= 0.3 is 0 Å². The minimum Gasteiger partial charge on any atom is -0.455 e. The molecule has 0 saturated carbocycles. The highest BCUT2D eigenvalue weighted by Gasteiger charge is 2.32. The van der Waals surface area contributed by atoms with Crippen LogP contribution in [0, 0.1) is 6.92 Å². The predicted molar refractivity (Wildman–Crippen MR) is 125 cm³/mol. The number of amides is 2. The zero-order valence-electron chi connectivity index (χ0n) is 17.8. The lowest BCUT2D eigenvalue weighted by atomic mass is 10.1. The van der Waals surface area contributed by atoms with Crippen molar-refractivity contribution >= 4 is 44.8 Å². The number of benzene rings is 2. The van der Waals surface area contributed by atoms with Crippen LogP contribution >= 0.6 is 11.6 Å². The molecule has 0 bridgehead atoms. The summed E-state index contributed by atoms with van der Waals surface area (Å²) in [7, 11) is -3.73. The Hall–Kier alpha value is -3.14. The zero-order chi connectivity index (χ0) is 23.6. The molecule has 1 aliphatic heterocycles. The number of hydrogen-bond donors (Lipinski definition) is 2. The Bertz CT molecular complexity index is 1300. The highest BCUT2D eigenvalue weighted by Crippen LogP contribution is 2.27. The van der Waals surface area contributed by atoms with Crippen LogP contribution in [-0.4, -0.2) is 37.6 Å². The second-order valence-corrected chi connectivity index (χ2v) is 9.95. The van der Waals surface area contributed by atoms with E-state index in [9.17, 15) is 18.0 Å². The average Bonchev–Trinajstić information content (AvgIpc) is 3.46. The summed E-state index contributed by atoms with van der Waals surface area (Å²) in [6.07, 6.45) is 1.61. The second kappa shape index (κ2) is 9.38. The van der Waals surface area contributed by atoms with E-state index >= 15 is 0 Å². The van der Waals surface area contributed by atoms with Crippen LogP contribution in [0.5, 0.6) is 0 Å². The molecule has 0 spiro atoms. The van der Waals surface area contributed by atoms with Crippen molar-refractivity contribution in [3.63, 3.8) is 0 Å². The molecule has 1 aliphatic rings. The maximum Gasteiger partial charge on any atom is 0.291 e. The van der Waals surface area contributed by atoms with Gasteiger partial charge in [0.15, 0.2) is 5.76 Å². The lowest BCUT2D eigenvalue weighted by Crippen LogP contribution is -2.28. The van der Waals surface area contributed by atoms with Crippen molar-refractivity contribution in [3.05, 3.63) is 76.7 Å². The average molecular weight is 488 g/mol. The normalized spacial score (nSPS) is 14.2. The summed E-state index contributed by atoms with van der Waals surface area (Å²) in [6, 6.07) is 14.3. The molecule has 33 heavy (non-hydrogen) atoms. The fraction of sp³-hybridized carbons (Fsp3) is 0.217. The number of aryl methyl sites for hydroxylation is 1. The quantitative estimate of drug-likeness (QED) is 0.531. The number of carbonyl (C=O) groups is 2. The van der Waals surface area contributed by atoms with Gasteiger partial charge in [0.1, 0.15) is 10.7 Å². The third kappa shape index (κ3) is 4.95. The van der Waals surface area contributed by atoms with E-state index in [0.29, 0.717) is 23.8 Å². The Morgan fingerprint density at radius 2 is 1.64 bits per heavy atom. The van der Waals surface area contributed by atoms with Crippen LogP contribution < -0.4 is 10.6 Å². The van der Waals surface area contributed by atoms with Crippen LogP contribution in [0.4, 0.5) is 11.4 Å². The van der Waals surface area contributed by atoms with Crippen molar-refractivity contribution in [2.24, 2.45) is 0 Å². The number of nitrogens with one attached hydrogen (secondary N) is 2. The van der Waals surface area contributed by atoms with E-state index in [0.717, 1.165) is 12.8 Å². The molecule has 0 aliphatic carbocycles. The Kier molecular flexibility index (Phi) is 6.55. The summed E-state index contributed by atoms with van der Waals surface area (Å²) in [4.78, 5) is 25.6. The van der Waals surface area contributed by atoms with Gasteiger partial charge in [-0.1, -0.05) is 23.7 Å². The summed E-state index contributed by atoms with van der Waals surface area (Å²) < 4.78 is 32.6. The zero-order valence-corrected chi connectivity index (χ0v) is 19.4. The number of para-hydroxylation sites is 1. The maximum absolute atomic E-state index is 12.9. The van der Waals surface area contributed by atoms with Crippen LogP contribution in [0.15, 0.2) is 63.9 Å². The molecule has 0 atom stereocenters. The van der Waals surface area contributed by atoms with Crippen LogP contribution in [0.1, 0.15) is 39.5 Å². The molecule has 172 valence electrons. The summed E-state index contributed by atoms with van der Waals surface area (Å²) in [6.45, 7) is 2.41. The summed E-state index contributed by atoms with van der Waals surface area (Å²) in [5.74, 6) is -1.10. The first-order chi connectivity index (χ1) is 15.8. The van der Waals surface area contributed by atoms with Crippen LogP contribution in [0.2, 0.25) is 5.02 Å². The second-order valence-electron chi connectivity index (χ2n) is 7.60. The fourth-order valence-corrected chi connectivity index (χ4v) is 5.41. The molecule has 1 fully saturated rings. The lowest BCUT2D eigenvalue weighted by Gasteiger charge is -2.14. The maximum atomic E-state index is 12.9. The number of rotatable bonds is 6. The molecule has 2 N–H and O–H groups in total. The van der Waals surface area contributed by atoms with Crippen LogP contribution in [0.3, 0.4) is 0 Å². The highest BCUT2D eigenvalue weighted by molar-refractivity contribution is 7.89. The van der Waals surface area contributed by atoms with Gasteiger partial charge in [-0.25, -0.2) is 8.42 Å². The standard InChI is InChI=1S/C23H22ClN3O5S/c1-15-21(33(30,31)27-12-4-5-13-27)14-20(32-15)23(29)26-19-7-3-2-6-18(19)22(28)25-17-10-8-16(24)9-11-17/h2-3,6-11,14H,4-5,12-13H2,1H3,(H,25,28)(H,26,29). The van der Waals surface area contributed by atoms with Gasteiger partial charge in [0, 0.05) is 29.9 Å². The number of carbonyl (C=O) groups excluding carboxylic acids is 2. The Morgan fingerprint density at radius 3 is 2.33 bits per heavy atom. The van der Waals surface area contributed by atoms with Crippen molar-refractivity contribution in [1.29, 1.82) is 0 Å². The number of furan rings is 1. The first-order valence-corrected chi connectivity index (χ1v) is 12.2. The molecule has 8 nitrogen and oxygen atoms in total. The number of nitrogens with zero attached hydrogens (tertiary/aromatic N) is 1.